The van der Waals surface area contributed by atoms with Crippen molar-refractivity contribution in [2.75, 3.05) is 26.2 Å². The van der Waals surface area contributed by atoms with Crippen LogP contribution in [-0.2, 0) is 6.54 Å². The summed E-state index contributed by atoms with van der Waals surface area (Å²) in [6, 6.07) is 17.8. The maximum atomic E-state index is 13.6. The van der Waals surface area contributed by atoms with E-state index in [-0.39, 0.29) is 23.7 Å². The van der Waals surface area contributed by atoms with Crippen LogP contribution in [0.1, 0.15) is 34.1 Å². The standard InChI is InChI=1S/C33H31ClN4O5/c1-33(41)8-10-37(20-33)11-12-38-18-28(26-7-6-24(16-29(26)38)43-25-3-2-9-36-17-25)30(39)19-42-31-15-21-4-5-23(34)13-22(21)14-27(31)32(35)40/h2-7,9,13-18,41H,8,10-12,19-20H2,1H3,(H2,35,40). The van der Waals surface area contributed by atoms with Crippen molar-refractivity contribution in [1.82, 2.24) is 14.5 Å². The number of hydrogen-bond acceptors (Lipinski definition) is 7. The molecule has 1 saturated heterocycles. The molecule has 3 aromatic carbocycles. The van der Waals surface area contributed by atoms with Gasteiger partial charge in [0.2, 0.25) is 5.78 Å². The zero-order chi connectivity index (χ0) is 30.1. The number of β-amino-alcohol motifs (C(OH)–C–C–N with tert-alkyl or cyclic N) is 1. The number of hydrogen-bond donors (Lipinski definition) is 2. The van der Waals surface area contributed by atoms with Crippen LogP contribution >= 0.6 is 11.6 Å². The summed E-state index contributed by atoms with van der Waals surface area (Å²) in [7, 11) is 0. The number of rotatable bonds is 10. The van der Waals surface area contributed by atoms with Crippen molar-refractivity contribution in [1.29, 1.82) is 0 Å². The molecule has 1 aliphatic rings. The van der Waals surface area contributed by atoms with E-state index in [2.05, 4.69) is 9.88 Å². The molecule has 6 rings (SSSR count). The Bertz CT molecular complexity index is 1840. The lowest BCUT2D eigenvalue weighted by Crippen LogP contribution is -2.31. The van der Waals surface area contributed by atoms with Crippen LogP contribution in [0.2, 0.25) is 5.02 Å². The van der Waals surface area contributed by atoms with Gasteiger partial charge in [0.25, 0.3) is 5.91 Å². The molecule has 0 spiro atoms. The molecule has 9 nitrogen and oxygen atoms in total. The first-order valence-electron chi connectivity index (χ1n) is 14.0. The van der Waals surface area contributed by atoms with E-state index in [1.165, 1.54) is 0 Å². The summed E-state index contributed by atoms with van der Waals surface area (Å²) in [4.78, 5) is 32.1. The molecule has 43 heavy (non-hydrogen) atoms. The Kier molecular flexibility index (Phi) is 7.79. The summed E-state index contributed by atoms with van der Waals surface area (Å²) in [5, 5.41) is 13.2. The topological polar surface area (TPSA) is 120 Å². The van der Waals surface area contributed by atoms with Crippen LogP contribution in [0.5, 0.6) is 17.2 Å². The van der Waals surface area contributed by atoms with E-state index in [1.54, 1.807) is 42.7 Å². The highest BCUT2D eigenvalue weighted by Crippen LogP contribution is 2.31. The Labute approximate surface area is 253 Å². The van der Waals surface area contributed by atoms with Gasteiger partial charge in [-0.1, -0.05) is 17.7 Å². The summed E-state index contributed by atoms with van der Waals surface area (Å²) < 4.78 is 14.0. The minimum Gasteiger partial charge on any atom is -0.485 e. The quantitative estimate of drug-likeness (QED) is 0.205. The van der Waals surface area contributed by atoms with Crippen molar-refractivity contribution in [3.8, 4) is 17.2 Å². The van der Waals surface area contributed by atoms with Crippen molar-refractivity contribution < 1.29 is 24.2 Å². The summed E-state index contributed by atoms with van der Waals surface area (Å²) in [6.07, 6.45) is 5.86. The summed E-state index contributed by atoms with van der Waals surface area (Å²) in [5.74, 6) is 0.532. The van der Waals surface area contributed by atoms with E-state index in [1.807, 2.05) is 48.0 Å². The highest BCUT2D eigenvalue weighted by Gasteiger charge is 2.31. The van der Waals surface area contributed by atoms with Crippen LogP contribution in [0, 0.1) is 0 Å². The minimum absolute atomic E-state index is 0.170. The number of halogens is 1. The molecule has 1 aliphatic heterocycles. The van der Waals surface area contributed by atoms with E-state index < -0.39 is 11.5 Å². The van der Waals surface area contributed by atoms with Gasteiger partial charge in [0, 0.05) is 60.6 Å². The predicted molar refractivity (Wildman–Crippen MR) is 165 cm³/mol. The molecule has 1 atom stereocenters. The number of likely N-dealkylation sites (tertiary alicyclic amines) is 1. The molecular weight excluding hydrogens is 568 g/mol. The Morgan fingerprint density at radius 3 is 2.65 bits per heavy atom. The third-order valence-corrected chi connectivity index (χ3v) is 7.97. The van der Waals surface area contributed by atoms with Gasteiger partial charge in [0.15, 0.2) is 6.61 Å². The first-order chi connectivity index (χ1) is 20.6. The average Bonchev–Trinajstić information content (AvgIpc) is 3.53. The molecule has 10 heteroatoms. The minimum atomic E-state index is -0.694. The van der Waals surface area contributed by atoms with Gasteiger partial charge in [-0.3, -0.25) is 19.5 Å². The third kappa shape index (κ3) is 6.34. The number of carbonyl (C=O) groups is 2. The van der Waals surface area contributed by atoms with Crippen molar-refractivity contribution in [3.05, 3.63) is 95.4 Å². The van der Waals surface area contributed by atoms with Crippen molar-refractivity contribution in [2.24, 2.45) is 5.73 Å². The van der Waals surface area contributed by atoms with E-state index in [9.17, 15) is 14.7 Å². The van der Waals surface area contributed by atoms with E-state index in [0.29, 0.717) is 41.7 Å². The van der Waals surface area contributed by atoms with E-state index in [4.69, 9.17) is 26.8 Å². The number of fused-ring (bicyclic) bond motifs is 2. The second kappa shape index (κ2) is 11.7. The molecule has 3 N–H and O–H groups in total. The molecule has 1 unspecified atom stereocenters. The summed E-state index contributed by atoms with van der Waals surface area (Å²) >= 11 is 6.11. The number of amides is 1. The van der Waals surface area contributed by atoms with Gasteiger partial charge < -0.3 is 24.9 Å². The lowest BCUT2D eigenvalue weighted by molar-refractivity contribution is 0.0684. The third-order valence-electron chi connectivity index (χ3n) is 7.74. The first kappa shape index (κ1) is 28.7. The molecule has 1 fully saturated rings. The fourth-order valence-electron chi connectivity index (χ4n) is 5.55. The molecule has 0 saturated carbocycles. The molecule has 5 aromatic rings. The number of ether oxygens (including phenoxy) is 2. The van der Waals surface area contributed by atoms with Gasteiger partial charge in [0.05, 0.1) is 22.9 Å². The number of carbonyl (C=O) groups excluding carboxylic acids is 2. The molecular formula is C33H31ClN4O5. The van der Waals surface area contributed by atoms with Gasteiger partial charge in [0.1, 0.15) is 17.2 Å². The largest absolute Gasteiger partial charge is 0.485 e. The Morgan fingerprint density at radius 2 is 1.91 bits per heavy atom. The van der Waals surface area contributed by atoms with Crippen LogP contribution in [0.4, 0.5) is 0 Å². The average molecular weight is 599 g/mol. The number of aromatic nitrogens is 2. The smallest absolute Gasteiger partial charge is 0.252 e. The second-order valence-electron chi connectivity index (χ2n) is 11.1. The van der Waals surface area contributed by atoms with Gasteiger partial charge in [-0.15, -0.1) is 0 Å². The van der Waals surface area contributed by atoms with Crippen LogP contribution in [0.3, 0.4) is 0 Å². The lowest BCUT2D eigenvalue weighted by Gasteiger charge is -2.19. The number of primary amides is 1. The Morgan fingerprint density at radius 1 is 1.05 bits per heavy atom. The van der Waals surface area contributed by atoms with Gasteiger partial charge in [-0.25, -0.2) is 0 Å². The Balaban J connectivity index is 1.28. The van der Waals surface area contributed by atoms with Gasteiger partial charge in [-0.2, -0.15) is 0 Å². The van der Waals surface area contributed by atoms with Crippen LogP contribution in [0.25, 0.3) is 21.7 Å². The molecule has 0 aliphatic carbocycles. The van der Waals surface area contributed by atoms with Gasteiger partial charge in [-0.05, 0) is 72.6 Å². The zero-order valence-electron chi connectivity index (χ0n) is 23.6. The summed E-state index contributed by atoms with van der Waals surface area (Å²) in [6.45, 7) is 4.28. The molecule has 0 bridgehead atoms. The van der Waals surface area contributed by atoms with Crippen molar-refractivity contribution in [3.63, 3.8) is 0 Å². The van der Waals surface area contributed by atoms with E-state index in [0.717, 1.165) is 34.6 Å². The van der Waals surface area contributed by atoms with Gasteiger partial charge >= 0.3 is 0 Å². The fraction of sp³-hybridized carbons (Fsp3) is 0.242. The number of benzene rings is 3. The highest BCUT2D eigenvalue weighted by atomic mass is 35.5. The number of nitrogens with two attached hydrogens (primary N) is 1. The number of ketones is 1. The Hall–Kier alpha value is -4.44. The lowest BCUT2D eigenvalue weighted by atomic mass is 10.1. The molecule has 2 aromatic heterocycles. The fourth-order valence-corrected chi connectivity index (χ4v) is 5.73. The maximum Gasteiger partial charge on any atom is 0.252 e. The second-order valence-corrected chi connectivity index (χ2v) is 11.6. The van der Waals surface area contributed by atoms with Crippen LogP contribution in [0.15, 0.2) is 79.3 Å². The number of aliphatic hydroxyl groups is 1. The monoisotopic (exact) mass is 598 g/mol. The van der Waals surface area contributed by atoms with Crippen LogP contribution < -0.4 is 15.2 Å². The zero-order valence-corrected chi connectivity index (χ0v) is 24.4. The van der Waals surface area contributed by atoms with Crippen LogP contribution in [-0.4, -0.2) is 63.1 Å². The summed E-state index contributed by atoms with van der Waals surface area (Å²) in [5.41, 5.74) is 6.43. The molecule has 0 radical (unpaired) electrons. The number of Topliss-reactive ketones (excluding diaryl/α,β-unsaturated/α-hetero) is 1. The first-order valence-corrected chi connectivity index (χ1v) is 14.4. The number of pyridine rings is 1. The number of nitrogens with zero attached hydrogens (tertiary/aromatic N) is 3. The molecule has 3 heterocycles. The highest BCUT2D eigenvalue weighted by molar-refractivity contribution is 6.31. The SMILES string of the molecule is CC1(O)CCN(CCn2cc(C(=O)COc3cc4ccc(Cl)cc4cc3C(N)=O)c3ccc(Oc4cccnc4)cc32)C1. The van der Waals surface area contributed by atoms with E-state index >= 15 is 0 Å². The van der Waals surface area contributed by atoms with Crippen molar-refractivity contribution in [2.45, 2.75) is 25.5 Å². The molecule has 220 valence electrons. The normalized spacial score (nSPS) is 17.0. The van der Waals surface area contributed by atoms with Crippen molar-refractivity contribution >= 4 is 45.0 Å². The predicted octanol–water partition coefficient (Wildman–Crippen LogP) is 5.45. The molecule has 1 amide bonds. The maximum absolute atomic E-state index is 13.6.